The Bertz CT molecular complexity index is 138. The van der Waals surface area contributed by atoms with E-state index in [1.165, 1.54) is 0 Å². The molecule has 1 rings (SSSR count). The summed E-state index contributed by atoms with van der Waals surface area (Å²) in [5.74, 6) is 0.633. The van der Waals surface area contributed by atoms with Crippen molar-refractivity contribution in [2.75, 3.05) is 26.2 Å². The predicted molar refractivity (Wildman–Crippen MR) is 39.2 cm³/mol. The second-order valence-corrected chi connectivity index (χ2v) is 2.78. The van der Waals surface area contributed by atoms with Gasteiger partial charge in [-0.1, -0.05) is 0 Å². The molecule has 0 amide bonds. The molecule has 1 saturated heterocycles. The molecule has 0 aromatic carbocycles. The second-order valence-electron chi connectivity index (χ2n) is 2.78. The van der Waals surface area contributed by atoms with Crippen LogP contribution in [0.15, 0.2) is 0 Å². The summed E-state index contributed by atoms with van der Waals surface area (Å²) >= 11 is 0. The summed E-state index contributed by atoms with van der Waals surface area (Å²) in [7, 11) is 0. The SMILES string of the molecule is N#CCN1CC[C@@H](CN)C1. The van der Waals surface area contributed by atoms with Gasteiger partial charge < -0.3 is 5.73 Å². The molecule has 10 heavy (non-hydrogen) atoms. The Hall–Kier alpha value is -0.590. The van der Waals surface area contributed by atoms with Crippen LogP contribution < -0.4 is 5.73 Å². The highest BCUT2D eigenvalue weighted by Gasteiger charge is 2.19. The number of nitrogens with zero attached hydrogens (tertiary/aromatic N) is 2. The van der Waals surface area contributed by atoms with Gasteiger partial charge in [0.05, 0.1) is 12.6 Å². The van der Waals surface area contributed by atoms with E-state index in [0.717, 1.165) is 26.1 Å². The zero-order valence-electron chi connectivity index (χ0n) is 6.08. The first-order valence-electron chi connectivity index (χ1n) is 3.66. The van der Waals surface area contributed by atoms with Crippen LogP contribution in [0.2, 0.25) is 0 Å². The standard InChI is InChI=1S/C7H13N3/c8-2-4-10-3-1-7(5-9)6-10/h7H,1,3-6,9H2/t7-/m0/s1. The van der Waals surface area contributed by atoms with Crippen molar-refractivity contribution in [2.45, 2.75) is 6.42 Å². The summed E-state index contributed by atoms with van der Waals surface area (Å²) in [4.78, 5) is 2.15. The summed E-state index contributed by atoms with van der Waals surface area (Å²) < 4.78 is 0. The molecular formula is C7H13N3. The highest BCUT2D eigenvalue weighted by Crippen LogP contribution is 2.13. The Morgan fingerprint density at radius 1 is 1.70 bits per heavy atom. The van der Waals surface area contributed by atoms with E-state index in [9.17, 15) is 0 Å². The van der Waals surface area contributed by atoms with Gasteiger partial charge in [-0.15, -0.1) is 0 Å². The Kier molecular flexibility index (Phi) is 2.67. The van der Waals surface area contributed by atoms with Gasteiger partial charge in [0.1, 0.15) is 0 Å². The van der Waals surface area contributed by atoms with E-state index >= 15 is 0 Å². The molecule has 1 heterocycles. The summed E-state index contributed by atoms with van der Waals surface area (Å²) in [5, 5.41) is 8.36. The van der Waals surface area contributed by atoms with E-state index in [1.807, 2.05) is 0 Å². The Labute approximate surface area is 61.4 Å². The lowest BCUT2D eigenvalue weighted by atomic mass is 10.1. The number of nitrogens with two attached hydrogens (primary N) is 1. The van der Waals surface area contributed by atoms with Gasteiger partial charge in [-0.25, -0.2) is 0 Å². The van der Waals surface area contributed by atoms with Crippen LogP contribution in [0, 0.1) is 17.2 Å². The van der Waals surface area contributed by atoms with Gasteiger partial charge >= 0.3 is 0 Å². The fraction of sp³-hybridized carbons (Fsp3) is 0.857. The quantitative estimate of drug-likeness (QED) is 0.539. The molecule has 0 bridgehead atoms. The smallest absolute Gasteiger partial charge is 0.0866 e. The van der Waals surface area contributed by atoms with Gasteiger partial charge in [0.2, 0.25) is 0 Å². The summed E-state index contributed by atoms with van der Waals surface area (Å²) in [6.07, 6.45) is 1.16. The summed E-state index contributed by atoms with van der Waals surface area (Å²) in [6, 6.07) is 2.14. The second kappa shape index (κ2) is 3.55. The first-order chi connectivity index (χ1) is 4.86. The van der Waals surface area contributed by atoms with E-state index in [-0.39, 0.29) is 0 Å². The van der Waals surface area contributed by atoms with Crippen LogP contribution in [0.5, 0.6) is 0 Å². The zero-order chi connectivity index (χ0) is 7.40. The average Bonchev–Trinajstić information content (AvgIpc) is 2.37. The molecule has 0 radical (unpaired) electrons. The molecule has 3 nitrogen and oxygen atoms in total. The van der Waals surface area contributed by atoms with Crippen molar-refractivity contribution in [1.29, 1.82) is 5.26 Å². The van der Waals surface area contributed by atoms with Crippen LogP contribution in [0.3, 0.4) is 0 Å². The maximum absolute atomic E-state index is 8.36. The lowest BCUT2D eigenvalue weighted by Crippen LogP contribution is -2.23. The molecule has 0 saturated carbocycles. The topological polar surface area (TPSA) is 53.0 Å². The molecule has 0 spiro atoms. The van der Waals surface area contributed by atoms with Crippen molar-refractivity contribution in [3.63, 3.8) is 0 Å². The molecule has 0 aliphatic carbocycles. The number of hydrogen-bond donors (Lipinski definition) is 1. The fourth-order valence-corrected chi connectivity index (χ4v) is 1.35. The number of nitriles is 1. The molecule has 0 unspecified atom stereocenters. The van der Waals surface area contributed by atoms with Gasteiger partial charge in [0.15, 0.2) is 0 Å². The zero-order valence-corrected chi connectivity index (χ0v) is 6.08. The largest absolute Gasteiger partial charge is 0.330 e. The maximum Gasteiger partial charge on any atom is 0.0866 e. The molecule has 1 fully saturated rings. The molecular weight excluding hydrogens is 126 g/mol. The van der Waals surface area contributed by atoms with Crippen LogP contribution in [0.1, 0.15) is 6.42 Å². The average molecular weight is 139 g/mol. The minimum absolute atomic E-state index is 0.566. The van der Waals surface area contributed by atoms with Crippen molar-refractivity contribution in [1.82, 2.24) is 4.90 Å². The molecule has 1 atom stereocenters. The van der Waals surface area contributed by atoms with Crippen LogP contribution in [0.25, 0.3) is 0 Å². The maximum atomic E-state index is 8.36. The first kappa shape index (κ1) is 7.52. The van der Waals surface area contributed by atoms with E-state index in [0.29, 0.717) is 12.5 Å². The van der Waals surface area contributed by atoms with Crippen LogP contribution in [0.4, 0.5) is 0 Å². The molecule has 0 aromatic rings. The molecule has 1 aliphatic rings. The van der Waals surface area contributed by atoms with Gasteiger partial charge in [0, 0.05) is 6.54 Å². The minimum atomic E-state index is 0.566. The van der Waals surface area contributed by atoms with Gasteiger partial charge in [-0.2, -0.15) is 5.26 Å². The molecule has 0 aromatic heterocycles. The van der Waals surface area contributed by atoms with Crippen molar-refractivity contribution >= 4 is 0 Å². The number of likely N-dealkylation sites (tertiary alicyclic amines) is 1. The van der Waals surface area contributed by atoms with Gasteiger partial charge in [-0.05, 0) is 25.4 Å². The summed E-state index contributed by atoms with van der Waals surface area (Å²) in [6.45, 7) is 3.40. The number of hydrogen-bond acceptors (Lipinski definition) is 3. The summed E-state index contributed by atoms with van der Waals surface area (Å²) in [5.41, 5.74) is 5.48. The third kappa shape index (κ3) is 1.69. The van der Waals surface area contributed by atoms with E-state index in [4.69, 9.17) is 11.0 Å². The van der Waals surface area contributed by atoms with Gasteiger partial charge in [-0.3, -0.25) is 4.90 Å². The third-order valence-electron chi connectivity index (χ3n) is 2.00. The molecule has 56 valence electrons. The van der Waals surface area contributed by atoms with Crippen LogP contribution in [-0.4, -0.2) is 31.1 Å². The normalized spacial score (nSPS) is 26.6. The minimum Gasteiger partial charge on any atom is -0.330 e. The van der Waals surface area contributed by atoms with Gasteiger partial charge in [0.25, 0.3) is 0 Å². The van der Waals surface area contributed by atoms with E-state index < -0.39 is 0 Å². The predicted octanol–water partition coefficient (Wildman–Crippen LogP) is -0.209. The van der Waals surface area contributed by atoms with Crippen molar-refractivity contribution < 1.29 is 0 Å². The Morgan fingerprint density at radius 3 is 3.00 bits per heavy atom. The molecule has 1 aliphatic heterocycles. The van der Waals surface area contributed by atoms with Crippen LogP contribution in [-0.2, 0) is 0 Å². The highest BCUT2D eigenvalue weighted by molar-refractivity contribution is 4.83. The van der Waals surface area contributed by atoms with Crippen molar-refractivity contribution in [3.8, 4) is 6.07 Å². The fourth-order valence-electron chi connectivity index (χ4n) is 1.35. The van der Waals surface area contributed by atoms with E-state index in [2.05, 4.69) is 11.0 Å². The van der Waals surface area contributed by atoms with Crippen LogP contribution >= 0.6 is 0 Å². The van der Waals surface area contributed by atoms with Crippen molar-refractivity contribution in [3.05, 3.63) is 0 Å². The highest BCUT2D eigenvalue weighted by atomic mass is 15.1. The molecule has 2 N–H and O–H groups in total. The lowest BCUT2D eigenvalue weighted by molar-refractivity contribution is 0.364. The first-order valence-corrected chi connectivity index (χ1v) is 3.66. The Morgan fingerprint density at radius 2 is 2.50 bits per heavy atom. The monoisotopic (exact) mass is 139 g/mol. The van der Waals surface area contributed by atoms with Crippen molar-refractivity contribution in [2.24, 2.45) is 11.7 Å². The number of rotatable bonds is 2. The van der Waals surface area contributed by atoms with E-state index in [1.54, 1.807) is 0 Å². The third-order valence-corrected chi connectivity index (χ3v) is 2.00. The Balaban J connectivity index is 2.23. The lowest BCUT2D eigenvalue weighted by Gasteiger charge is -2.09. The molecule has 3 heteroatoms.